The van der Waals surface area contributed by atoms with E-state index in [1.807, 2.05) is 53.2 Å². The highest BCUT2D eigenvalue weighted by atomic mass is 16.5. The zero-order valence-corrected chi connectivity index (χ0v) is 18.9. The Morgan fingerprint density at radius 2 is 1.88 bits per heavy atom. The van der Waals surface area contributed by atoms with Crippen molar-refractivity contribution in [1.82, 2.24) is 19.6 Å². The van der Waals surface area contributed by atoms with Crippen LogP contribution in [0.5, 0.6) is 0 Å². The van der Waals surface area contributed by atoms with Crippen molar-refractivity contribution in [3.05, 3.63) is 78.0 Å². The second kappa shape index (κ2) is 8.64. The van der Waals surface area contributed by atoms with Gasteiger partial charge in [0.25, 0.3) is 0 Å². The van der Waals surface area contributed by atoms with Gasteiger partial charge >= 0.3 is 0 Å². The molecule has 4 heterocycles. The van der Waals surface area contributed by atoms with Crippen LogP contribution in [0.2, 0.25) is 0 Å². The molecule has 3 aromatic heterocycles. The number of aromatic nitrogens is 4. The van der Waals surface area contributed by atoms with Crippen molar-refractivity contribution in [2.45, 2.75) is 6.92 Å². The zero-order chi connectivity index (χ0) is 22.9. The van der Waals surface area contributed by atoms with E-state index in [1.165, 1.54) is 5.39 Å². The van der Waals surface area contributed by atoms with Gasteiger partial charge in [0.05, 0.1) is 30.6 Å². The number of aryl methyl sites for hydroxylation is 1. The van der Waals surface area contributed by atoms with Crippen LogP contribution < -0.4 is 10.3 Å². The fourth-order valence-electron chi connectivity index (χ4n) is 4.38. The maximum Gasteiger partial charge on any atom is 0.160 e. The minimum Gasteiger partial charge on any atom is -0.378 e. The third kappa shape index (κ3) is 3.88. The lowest BCUT2D eigenvalue weighted by molar-refractivity contribution is 0.122. The van der Waals surface area contributed by atoms with Gasteiger partial charge in [-0.05, 0) is 13.0 Å². The number of hydrogen-bond acceptors (Lipinski definition) is 6. The van der Waals surface area contributed by atoms with Crippen molar-refractivity contribution in [1.29, 1.82) is 0 Å². The molecular weight excluding hydrogens is 426 g/mol. The number of benzene rings is 2. The second-order valence-electron chi connectivity index (χ2n) is 8.40. The largest absolute Gasteiger partial charge is 0.378 e. The van der Waals surface area contributed by atoms with E-state index in [1.54, 1.807) is 0 Å². The molecule has 8 heteroatoms. The molecule has 1 fully saturated rings. The lowest BCUT2D eigenvalue weighted by Gasteiger charge is -2.29. The van der Waals surface area contributed by atoms with Crippen LogP contribution in [0.3, 0.4) is 0 Å². The fourth-order valence-corrected chi connectivity index (χ4v) is 4.38. The van der Waals surface area contributed by atoms with Gasteiger partial charge in [-0.1, -0.05) is 48.5 Å². The van der Waals surface area contributed by atoms with Gasteiger partial charge in [0.15, 0.2) is 11.5 Å². The quantitative estimate of drug-likeness (QED) is 0.304. The van der Waals surface area contributed by atoms with E-state index in [9.17, 15) is 0 Å². The monoisotopic (exact) mass is 451 g/mol. The highest BCUT2D eigenvalue weighted by Gasteiger charge is 2.18. The van der Waals surface area contributed by atoms with Crippen LogP contribution in [-0.4, -0.2) is 52.1 Å². The summed E-state index contributed by atoms with van der Waals surface area (Å²) >= 11 is 0. The first-order chi connectivity index (χ1) is 16.7. The van der Waals surface area contributed by atoms with Crippen molar-refractivity contribution in [3.8, 4) is 11.3 Å². The Bertz CT molecular complexity index is 1480. The zero-order valence-electron chi connectivity index (χ0n) is 18.9. The highest BCUT2D eigenvalue weighted by Crippen LogP contribution is 2.26. The van der Waals surface area contributed by atoms with E-state index in [2.05, 4.69) is 51.6 Å². The Morgan fingerprint density at radius 1 is 1.03 bits per heavy atom. The molecule has 6 rings (SSSR count). The number of hydrogen-bond donors (Lipinski definition) is 2. The molecule has 8 nitrogen and oxygen atoms in total. The number of ether oxygens (including phenoxy) is 1. The topological polar surface area (TPSA) is 82.8 Å². The molecule has 0 aliphatic carbocycles. The number of rotatable bonds is 5. The SMILES string of the molecule is Cc1cc2cccc(/C=N\Nc3cc(N4CCOCC4)n4nc(-c5ccccc5)cc4n3)c2[nH]1. The van der Waals surface area contributed by atoms with Crippen LogP contribution in [0, 0.1) is 6.92 Å². The first kappa shape index (κ1) is 20.4. The van der Waals surface area contributed by atoms with Gasteiger partial charge in [-0.25, -0.2) is 4.98 Å². The van der Waals surface area contributed by atoms with Gasteiger partial charge in [-0.2, -0.15) is 14.7 Å². The maximum atomic E-state index is 5.56. The predicted molar refractivity (Wildman–Crippen MR) is 136 cm³/mol. The molecule has 5 aromatic rings. The van der Waals surface area contributed by atoms with E-state index >= 15 is 0 Å². The van der Waals surface area contributed by atoms with Crippen LogP contribution in [0.4, 0.5) is 11.6 Å². The number of nitrogens with zero attached hydrogens (tertiary/aromatic N) is 5. The van der Waals surface area contributed by atoms with Crippen LogP contribution >= 0.6 is 0 Å². The molecule has 0 spiro atoms. The summed E-state index contributed by atoms with van der Waals surface area (Å²) in [6, 6.07) is 22.5. The molecule has 1 aliphatic heterocycles. The highest BCUT2D eigenvalue weighted by molar-refractivity contribution is 5.98. The molecule has 170 valence electrons. The molecule has 0 unspecified atom stereocenters. The van der Waals surface area contributed by atoms with E-state index in [0.29, 0.717) is 19.0 Å². The standard InChI is InChI=1S/C26H25N7O/c1-18-14-20-8-5-9-21(26(20)28-18)17-27-30-23-16-25(32-10-12-34-13-11-32)33-24(29-23)15-22(31-33)19-6-3-2-4-7-19/h2-9,14-17,28H,10-13H2,1H3,(H,29,30)/b27-17-. The normalized spacial score (nSPS) is 14.4. The summed E-state index contributed by atoms with van der Waals surface area (Å²) < 4.78 is 7.47. The maximum absolute atomic E-state index is 5.56. The van der Waals surface area contributed by atoms with Gasteiger partial charge in [0.1, 0.15) is 5.82 Å². The number of H-pyrrole nitrogens is 1. The van der Waals surface area contributed by atoms with Crippen LogP contribution in [-0.2, 0) is 4.74 Å². The summed E-state index contributed by atoms with van der Waals surface area (Å²) in [6.07, 6.45) is 1.82. The van der Waals surface area contributed by atoms with Crippen molar-refractivity contribution in [2.24, 2.45) is 5.10 Å². The lowest BCUT2D eigenvalue weighted by Crippen LogP contribution is -2.37. The number of morpholine rings is 1. The van der Waals surface area contributed by atoms with Crippen LogP contribution in [0.15, 0.2) is 71.8 Å². The molecule has 2 aromatic carbocycles. The third-order valence-corrected chi connectivity index (χ3v) is 6.02. The average Bonchev–Trinajstić information content (AvgIpc) is 3.48. The van der Waals surface area contributed by atoms with Gasteiger partial charge in [0, 0.05) is 47.4 Å². The van der Waals surface area contributed by atoms with Crippen molar-refractivity contribution in [2.75, 3.05) is 36.6 Å². The van der Waals surface area contributed by atoms with Gasteiger partial charge in [-0.3, -0.25) is 5.43 Å². The molecule has 0 atom stereocenters. The molecule has 1 aliphatic rings. The number of para-hydroxylation sites is 1. The minimum atomic E-state index is 0.666. The summed E-state index contributed by atoms with van der Waals surface area (Å²) in [4.78, 5) is 10.5. The second-order valence-corrected chi connectivity index (χ2v) is 8.40. The molecule has 2 N–H and O–H groups in total. The Balaban J connectivity index is 1.36. The number of hydrazone groups is 1. The van der Waals surface area contributed by atoms with Crippen LogP contribution in [0.25, 0.3) is 27.8 Å². The molecule has 0 amide bonds. The first-order valence-corrected chi connectivity index (χ1v) is 11.4. The van der Waals surface area contributed by atoms with Crippen molar-refractivity contribution in [3.63, 3.8) is 0 Å². The third-order valence-electron chi connectivity index (χ3n) is 6.02. The van der Waals surface area contributed by atoms with Gasteiger partial charge < -0.3 is 14.6 Å². The molecule has 0 radical (unpaired) electrons. The summed E-state index contributed by atoms with van der Waals surface area (Å²) in [7, 11) is 0. The minimum absolute atomic E-state index is 0.666. The summed E-state index contributed by atoms with van der Waals surface area (Å²) in [5.41, 5.74) is 9.06. The van der Waals surface area contributed by atoms with Crippen LogP contribution in [0.1, 0.15) is 11.3 Å². The summed E-state index contributed by atoms with van der Waals surface area (Å²) in [5.74, 6) is 1.63. The van der Waals surface area contributed by atoms with Gasteiger partial charge in [0.2, 0.25) is 0 Å². The number of anilines is 2. The lowest BCUT2D eigenvalue weighted by atomic mass is 10.1. The fraction of sp³-hybridized carbons (Fsp3) is 0.192. The Kier molecular flexibility index (Phi) is 5.20. The predicted octanol–water partition coefficient (Wildman–Crippen LogP) is 4.47. The summed E-state index contributed by atoms with van der Waals surface area (Å²) in [6.45, 7) is 5.04. The number of fused-ring (bicyclic) bond motifs is 2. The Labute approximate surface area is 196 Å². The molecule has 0 saturated carbocycles. The summed E-state index contributed by atoms with van der Waals surface area (Å²) in [5, 5.41) is 10.5. The molecule has 0 bridgehead atoms. The Morgan fingerprint density at radius 3 is 2.74 bits per heavy atom. The number of aromatic amines is 1. The van der Waals surface area contributed by atoms with E-state index < -0.39 is 0 Å². The smallest absolute Gasteiger partial charge is 0.160 e. The first-order valence-electron chi connectivity index (χ1n) is 11.4. The van der Waals surface area contributed by atoms with E-state index in [0.717, 1.165) is 52.6 Å². The molecule has 1 saturated heterocycles. The van der Waals surface area contributed by atoms with Crippen molar-refractivity contribution < 1.29 is 4.74 Å². The molecule has 34 heavy (non-hydrogen) atoms. The number of nitrogens with one attached hydrogen (secondary N) is 2. The van der Waals surface area contributed by atoms with E-state index in [-0.39, 0.29) is 0 Å². The average molecular weight is 452 g/mol. The molecular formula is C26H25N7O. The Hall–Kier alpha value is -4.17. The van der Waals surface area contributed by atoms with Crippen molar-refractivity contribution >= 4 is 34.4 Å². The van der Waals surface area contributed by atoms with E-state index in [4.69, 9.17) is 14.8 Å². The van der Waals surface area contributed by atoms with Gasteiger partial charge in [-0.15, -0.1) is 0 Å².